The van der Waals surface area contributed by atoms with Gasteiger partial charge in [-0.25, -0.2) is 0 Å². The Labute approximate surface area is 116 Å². The highest BCUT2D eigenvalue weighted by molar-refractivity contribution is 5.81. The summed E-state index contributed by atoms with van der Waals surface area (Å²) in [5.41, 5.74) is -0.279. The molecular weight excluding hydrogens is 240 g/mol. The third-order valence-electron chi connectivity index (χ3n) is 4.14. The zero-order chi connectivity index (χ0) is 13.9. The minimum atomic E-state index is -0.279. The Hall–Kier alpha value is -0.610. The van der Waals surface area contributed by atoms with E-state index in [1.54, 1.807) is 0 Å². The van der Waals surface area contributed by atoms with Gasteiger partial charge in [0.25, 0.3) is 0 Å². The Morgan fingerprint density at radius 1 is 1.26 bits per heavy atom. The molecule has 0 aromatic rings. The molecule has 2 aliphatic rings. The van der Waals surface area contributed by atoms with Gasteiger partial charge in [0.05, 0.1) is 6.61 Å². The minimum absolute atomic E-state index is 0.176. The van der Waals surface area contributed by atoms with Crippen molar-refractivity contribution in [3.63, 3.8) is 0 Å². The Morgan fingerprint density at radius 3 is 2.47 bits per heavy atom. The number of nitrogens with zero attached hydrogens (tertiary/aromatic N) is 1. The predicted molar refractivity (Wildman–Crippen MR) is 76.0 cm³/mol. The molecule has 4 nitrogen and oxygen atoms in total. The first-order valence-corrected chi connectivity index (χ1v) is 7.56. The molecule has 2 rings (SSSR count). The van der Waals surface area contributed by atoms with Crippen LogP contribution < -0.4 is 5.32 Å². The number of nitrogens with one attached hydrogen (secondary N) is 1. The van der Waals surface area contributed by atoms with E-state index in [9.17, 15) is 4.79 Å². The lowest BCUT2D eigenvalue weighted by molar-refractivity contribution is -0.129. The van der Waals surface area contributed by atoms with E-state index in [0.717, 1.165) is 45.1 Å². The molecule has 4 heteroatoms. The van der Waals surface area contributed by atoms with Crippen LogP contribution in [-0.4, -0.2) is 49.7 Å². The van der Waals surface area contributed by atoms with Crippen LogP contribution in [0, 0.1) is 11.3 Å². The first-order chi connectivity index (χ1) is 8.95. The fourth-order valence-electron chi connectivity index (χ4n) is 2.75. The molecule has 1 atom stereocenters. The van der Waals surface area contributed by atoms with Crippen molar-refractivity contribution in [1.29, 1.82) is 0 Å². The average molecular weight is 268 g/mol. The molecule has 0 aromatic heterocycles. The molecule has 0 aromatic carbocycles. The molecule has 0 spiro atoms. The van der Waals surface area contributed by atoms with Crippen molar-refractivity contribution in [3.05, 3.63) is 0 Å². The zero-order valence-electron chi connectivity index (χ0n) is 12.6. The van der Waals surface area contributed by atoms with Gasteiger partial charge in [-0.1, -0.05) is 20.8 Å². The van der Waals surface area contributed by atoms with Crippen LogP contribution >= 0.6 is 0 Å². The molecule has 0 aliphatic carbocycles. The van der Waals surface area contributed by atoms with Crippen molar-refractivity contribution in [2.75, 3.05) is 32.8 Å². The van der Waals surface area contributed by atoms with Gasteiger partial charge in [0, 0.05) is 37.7 Å². The fourth-order valence-corrected chi connectivity index (χ4v) is 2.75. The largest absolute Gasteiger partial charge is 0.381 e. The van der Waals surface area contributed by atoms with Gasteiger partial charge in [-0.15, -0.1) is 0 Å². The van der Waals surface area contributed by atoms with Crippen LogP contribution in [0.15, 0.2) is 0 Å². The lowest BCUT2D eigenvalue weighted by Gasteiger charge is -2.34. The molecule has 110 valence electrons. The van der Waals surface area contributed by atoms with E-state index in [4.69, 9.17) is 4.74 Å². The van der Waals surface area contributed by atoms with Crippen molar-refractivity contribution >= 4 is 5.91 Å². The van der Waals surface area contributed by atoms with Crippen LogP contribution in [0.5, 0.6) is 0 Å². The lowest BCUT2D eigenvalue weighted by Crippen LogP contribution is -2.48. The van der Waals surface area contributed by atoms with Gasteiger partial charge in [-0.05, 0) is 25.2 Å². The molecule has 2 aliphatic heterocycles. The van der Waals surface area contributed by atoms with E-state index in [-0.39, 0.29) is 11.3 Å². The Morgan fingerprint density at radius 2 is 1.95 bits per heavy atom. The molecular formula is C15H28N2O2. The van der Waals surface area contributed by atoms with Crippen molar-refractivity contribution in [2.45, 2.75) is 46.1 Å². The van der Waals surface area contributed by atoms with Gasteiger partial charge >= 0.3 is 0 Å². The minimum Gasteiger partial charge on any atom is -0.381 e. The normalized spacial score (nSPS) is 26.6. The standard InChI is InChI=1S/C15H28N2O2/c1-15(2,3)14(18)16-13-4-7-17(8-5-13)10-12-6-9-19-11-12/h12-13H,4-11H2,1-3H3,(H,16,18). The summed E-state index contributed by atoms with van der Waals surface area (Å²) in [6.45, 7) is 11.1. The van der Waals surface area contributed by atoms with E-state index in [1.165, 1.54) is 13.0 Å². The van der Waals surface area contributed by atoms with E-state index in [0.29, 0.717) is 6.04 Å². The van der Waals surface area contributed by atoms with Crippen LogP contribution in [-0.2, 0) is 9.53 Å². The molecule has 19 heavy (non-hydrogen) atoms. The molecule has 0 bridgehead atoms. The summed E-state index contributed by atoms with van der Waals surface area (Å²) in [4.78, 5) is 14.5. The van der Waals surface area contributed by atoms with Crippen molar-refractivity contribution in [1.82, 2.24) is 10.2 Å². The highest BCUT2D eigenvalue weighted by Gasteiger charge is 2.27. The second-order valence-electron chi connectivity index (χ2n) is 7.03. The van der Waals surface area contributed by atoms with Crippen LogP contribution in [0.3, 0.4) is 0 Å². The van der Waals surface area contributed by atoms with Crippen molar-refractivity contribution < 1.29 is 9.53 Å². The third-order valence-corrected chi connectivity index (χ3v) is 4.14. The molecule has 2 heterocycles. The van der Waals surface area contributed by atoms with Crippen LogP contribution in [0.4, 0.5) is 0 Å². The summed E-state index contributed by atoms with van der Waals surface area (Å²) >= 11 is 0. The quantitative estimate of drug-likeness (QED) is 0.846. The van der Waals surface area contributed by atoms with E-state index in [1.807, 2.05) is 20.8 Å². The smallest absolute Gasteiger partial charge is 0.225 e. The summed E-state index contributed by atoms with van der Waals surface area (Å²) < 4.78 is 5.43. The maximum Gasteiger partial charge on any atom is 0.225 e. The summed E-state index contributed by atoms with van der Waals surface area (Å²) in [6.07, 6.45) is 3.37. The Kier molecular flexibility index (Phi) is 4.85. The first kappa shape index (κ1) is 14.8. The number of piperidine rings is 1. The Bertz CT molecular complexity index is 298. The summed E-state index contributed by atoms with van der Waals surface area (Å²) in [5.74, 6) is 0.899. The average Bonchev–Trinajstić information content (AvgIpc) is 2.83. The number of ether oxygens (including phenoxy) is 1. The number of rotatable bonds is 3. The molecule has 1 N–H and O–H groups in total. The van der Waals surface area contributed by atoms with Crippen molar-refractivity contribution in [2.24, 2.45) is 11.3 Å². The van der Waals surface area contributed by atoms with Crippen molar-refractivity contribution in [3.8, 4) is 0 Å². The molecule has 1 amide bonds. The SMILES string of the molecule is CC(C)(C)C(=O)NC1CCN(CC2CCOC2)CC1. The second-order valence-corrected chi connectivity index (χ2v) is 7.03. The number of amides is 1. The molecule has 1 unspecified atom stereocenters. The number of carbonyl (C=O) groups is 1. The Balaban J connectivity index is 1.68. The zero-order valence-corrected chi connectivity index (χ0v) is 12.6. The van der Waals surface area contributed by atoms with Crippen LogP contribution in [0.25, 0.3) is 0 Å². The number of hydrogen-bond acceptors (Lipinski definition) is 3. The molecule has 2 saturated heterocycles. The van der Waals surface area contributed by atoms with Gasteiger partial charge in [0.1, 0.15) is 0 Å². The summed E-state index contributed by atoms with van der Waals surface area (Å²) in [5, 5.41) is 3.18. The van der Waals surface area contributed by atoms with Gasteiger partial charge in [0.2, 0.25) is 5.91 Å². The van der Waals surface area contributed by atoms with E-state index in [2.05, 4.69) is 10.2 Å². The second kappa shape index (κ2) is 6.23. The van der Waals surface area contributed by atoms with Gasteiger partial charge in [-0.3, -0.25) is 4.79 Å². The lowest BCUT2D eigenvalue weighted by atomic mass is 9.94. The number of hydrogen-bond donors (Lipinski definition) is 1. The molecule has 0 radical (unpaired) electrons. The highest BCUT2D eigenvalue weighted by Crippen LogP contribution is 2.19. The van der Waals surface area contributed by atoms with Crippen LogP contribution in [0.1, 0.15) is 40.0 Å². The first-order valence-electron chi connectivity index (χ1n) is 7.56. The van der Waals surface area contributed by atoms with Crippen LogP contribution in [0.2, 0.25) is 0 Å². The van der Waals surface area contributed by atoms with E-state index >= 15 is 0 Å². The maximum atomic E-state index is 12.0. The molecule has 2 fully saturated rings. The molecule has 0 saturated carbocycles. The van der Waals surface area contributed by atoms with Gasteiger partial charge in [-0.2, -0.15) is 0 Å². The summed E-state index contributed by atoms with van der Waals surface area (Å²) in [7, 11) is 0. The van der Waals surface area contributed by atoms with Gasteiger partial charge in [0.15, 0.2) is 0 Å². The topological polar surface area (TPSA) is 41.6 Å². The maximum absolute atomic E-state index is 12.0. The van der Waals surface area contributed by atoms with Gasteiger partial charge < -0.3 is 15.0 Å². The fraction of sp³-hybridized carbons (Fsp3) is 0.933. The number of carbonyl (C=O) groups excluding carboxylic acids is 1. The number of likely N-dealkylation sites (tertiary alicyclic amines) is 1. The summed E-state index contributed by atoms with van der Waals surface area (Å²) in [6, 6.07) is 0.364. The highest BCUT2D eigenvalue weighted by atomic mass is 16.5. The predicted octanol–water partition coefficient (Wildman–Crippen LogP) is 1.65. The third kappa shape index (κ3) is 4.46. The van der Waals surface area contributed by atoms with E-state index < -0.39 is 0 Å². The monoisotopic (exact) mass is 268 g/mol.